The van der Waals surface area contributed by atoms with E-state index < -0.39 is 6.61 Å². The van der Waals surface area contributed by atoms with Gasteiger partial charge in [0.1, 0.15) is 11.6 Å². The molecule has 1 aliphatic rings. The molecule has 1 aliphatic heterocycles. The number of nitrogens with one attached hydrogen (secondary N) is 1. The maximum Gasteiger partial charge on any atom is 0.387 e. The molecule has 29 heavy (non-hydrogen) atoms. The average Bonchev–Trinajstić information content (AvgIpc) is 2.92. The number of unbranched alkanes of at least 4 members (excludes halogenated alkanes) is 1. The van der Waals surface area contributed by atoms with Gasteiger partial charge in [-0.05, 0) is 43.5 Å². The summed E-state index contributed by atoms with van der Waals surface area (Å²) in [6.45, 7) is 0.818. The van der Waals surface area contributed by atoms with E-state index in [4.69, 9.17) is 0 Å². The van der Waals surface area contributed by atoms with Gasteiger partial charge >= 0.3 is 12.6 Å². The average molecular weight is 407 g/mol. The molecule has 2 aromatic rings. The summed E-state index contributed by atoms with van der Waals surface area (Å²) in [7, 11) is 0. The molecule has 7 nitrogen and oxygen atoms in total. The largest absolute Gasteiger partial charge is 0.435 e. The molecule has 158 valence electrons. The number of aryl methyl sites for hydroxylation is 1. The highest BCUT2D eigenvalue weighted by Crippen LogP contribution is 2.23. The van der Waals surface area contributed by atoms with Crippen molar-refractivity contribution in [2.45, 2.75) is 65.1 Å². The molecular formula is C20H27F2N5O2. The van der Waals surface area contributed by atoms with Gasteiger partial charge in [0.15, 0.2) is 5.82 Å². The molecule has 0 aliphatic carbocycles. The number of ether oxygens (including phenoxy) is 1. The third-order valence-corrected chi connectivity index (χ3v) is 4.91. The fourth-order valence-corrected chi connectivity index (χ4v) is 3.36. The number of halogens is 2. The van der Waals surface area contributed by atoms with E-state index in [0.29, 0.717) is 12.2 Å². The van der Waals surface area contributed by atoms with Gasteiger partial charge in [-0.2, -0.15) is 8.78 Å². The molecule has 0 saturated carbocycles. The predicted octanol–water partition coefficient (Wildman–Crippen LogP) is 4.12. The summed E-state index contributed by atoms with van der Waals surface area (Å²) in [5.74, 6) is 1.72. The van der Waals surface area contributed by atoms with Gasteiger partial charge in [0, 0.05) is 25.2 Å². The highest BCUT2D eigenvalue weighted by Gasteiger charge is 2.22. The first-order chi connectivity index (χ1) is 14.1. The van der Waals surface area contributed by atoms with Crippen LogP contribution in [0.1, 0.15) is 50.7 Å². The van der Waals surface area contributed by atoms with Gasteiger partial charge < -0.3 is 14.6 Å². The first-order valence-electron chi connectivity index (χ1n) is 10.1. The van der Waals surface area contributed by atoms with Crippen molar-refractivity contribution < 1.29 is 18.3 Å². The molecule has 0 bridgehead atoms. The summed E-state index contributed by atoms with van der Waals surface area (Å²) in [6, 6.07) is 5.79. The summed E-state index contributed by atoms with van der Waals surface area (Å²) >= 11 is 0. The van der Waals surface area contributed by atoms with Gasteiger partial charge in [-0.3, -0.25) is 4.90 Å². The Bertz CT molecular complexity index is 795. The van der Waals surface area contributed by atoms with Crippen molar-refractivity contribution in [2.75, 3.05) is 11.4 Å². The number of hydrogen-bond donors (Lipinski definition) is 1. The quantitative estimate of drug-likeness (QED) is 0.668. The smallest absolute Gasteiger partial charge is 0.387 e. The first-order valence-corrected chi connectivity index (χ1v) is 10.1. The van der Waals surface area contributed by atoms with Crippen LogP contribution in [-0.4, -0.2) is 34.0 Å². The SMILES string of the molecule is CCCCNC(=O)N(Cc1nnc2n1CCCCC2)c1ccc(OC(F)F)cc1. The Balaban J connectivity index is 1.81. The molecule has 0 radical (unpaired) electrons. The van der Waals surface area contributed by atoms with Crippen LogP contribution in [0.15, 0.2) is 24.3 Å². The maximum absolute atomic E-state index is 12.8. The Hall–Kier alpha value is -2.71. The van der Waals surface area contributed by atoms with Crippen molar-refractivity contribution in [1.29, 1.82) is 0 Å². The molecule has 0 unspecified atom stereocenters. The maximum atomic E-state index is 12.8. The van der Waals surface area contributed by atoms with E-state index in [-0.39, 0.29) is 18.3 Å². The molecule has 9 heteroatoms. The van der Waals surface area contributed by atoms with E-state index in [0.717, 1.165) is 56.7 Å². The zero-order chi connectivity index (χ0) is 20.6. The second kappa shape index (κ2) is 10.2. The van der Waals surface area contributed by atoms with Crippen LogP contribution in [-0.2, 0) is 19.5 Å². The van der Waals surface area contributed by atoms with Crippen molar-refractivity contribution in [3.8, 4) is 5.75 Å². The standard InChI is InChI=1S/C20H27F2N5O2/c1-2-3-12-23-20(28)27(15-8-10-16(11-9-15)29-19(21)22)14-18-25-24-17-7-5-4-6-13-26(17)18/h8-11,19H,2-7,12-14H2,1H3,(H,23,28). The summed E-state index contributed by atoms with van der Waals surface area (Å²) in [5.41, 5.74) is 0.576. The monoisotopic (exact) mass is 407 g/mol. The zero-order valence-corrected chi connectivity index (χ0v) is 16.6. The Morgan fingerprint density at radius 2 is 2.03 bits per heavy atom. The van der Waals surface area contributed by atoms with Gasteiger partial charge in [0.2, 0.25) is 0 Å². The number of urea groups is 1. The number of anilines is 1. The molecule has 1 N–H and O–H groups in total. The van der Waals surface area contributed by atoms with Crippen LogP contribution in [0, 0.1) is 0 Å². The van der Waals surface area contributed by atoms with Crippen LogP contribution in [0.25, 0.3) is 0 Å². The van der Waals surface area contributed by atoms with Crippen molar-refractivity contribution in [3.05, 3.63) is 35.9 Å². The van der Waals surface area contributed by atoms with Crippen molar-refractivity contribution >= 4 is 11.7 Å². The number of aromatic nitrogens is 3. The highest BCUT2D eigenvalue weighted by atomic mass is 19.3. The van der Waals surface area contributed by atoms with Crippen LogP contribution >= 0.6 is 0 Å². The fourth-order valence-electron chi connectivity index (χ4n) is 3.36. The minimum absolute atomic E-state index is 0.0476. The minimum Gasteiger partial charge on any atom is -0.435 e. The number of amides is 2. The topological polar surface area (TPSA) is 72.3 Å². The third-order valence-electron chi connectivity index (χ3n) is 4.91. The number of alkyl halides is 2. The van der Waals surface area contributed by atoms with Crippen LogP contribution in [0.4, 0.5) is 19.3 Å². The lowest BCUT2D eigenvalue weighted by Gasteiger charge is -2.23. The Morgan fingerprint density at radius 3 is 2.76 bits per heavy atom. The van der Waals surface area contributed by atoms with Gasteiger partial charge in [-0.1, -0.05) is 19.8 Å². The van der Waals surface area contributed by atoms with E-state index in [1.54, 1.807) is 17.0 Å². The molecule has 0 saturated heterocycles. The normalized spacial score (nSPS) is 13.7. The van der Waals surface area contributed by atoms with Gasteiger partial charge in [0.05, 0.1) is 6.54 Å². The van der Waals surface area contributed by atoms with Gasteiger partial charge in [-0.15, -0.1) is 10.2 Å². The Labute approximate surface area is 169 Å². The van der Waals surface area contributed by atoms with Crippen LogP contribution in [0.3, 0.4) is 0 Å². The summed E-state index contributed by atoms with van der Waals surface area (Å²) < 4.78 is 31.3. The number of fused-ring (bicyclic) bond motifs is 1. The third kappa shape index (κ3) is 5.65. The summed E-state index contributed by atoms with van der Waals surface area (Å²) in [6.07, 6.45) is 6.02. The van der Waals surface area contributed by atoms with E-state index in [2.05, 4.69) is 31.7 Å². The lowest BCUT2D eigenvalue weighted by atomic mass is 10.2. The molecule has 2 amide bonds. The van der Waals surface area contributed by atoms with E-state index >= 15 is 0 Å². The summed E-state index contributed by atoms with van der Waals surface area (Å²) in [4.78, 5) is 14.4. The first kappa shape index (κ1) is 21.0. The number of carbonyl (C=O) groups is 1. The Morgan fingerprint density at radius 1 is 1.24 bits per heavy atom. The van der Waals surface area contributed by atoms with Crippen molar-refractivity contribution in [3.63, 3.8) is 0 Å². The lowest BCUT2D eigenvalue weighted by Crippen LogP contribution is -2.40. The molecule has 1 aromatic carbocycles. The minimum atomic E-state index is -2.89. The summed E-state index contributed by atoms with van der Waals surface area (Å²) in [5, 5.41) is 11.5. The number of rotatable bonds is 8. The van der Waals surface area contributed by atoms with Crippen LogP contribution in [0.2, 0.25) is 0 Å². The predicted molar refractivity (Wildman–Crippen MR) is 105 cm³/mol. The lowest BCUT2D eigenvalue weighted by molar-refractivity contribution is -0.0498. The van der Waals surface area contributed by atoms with Crippen molar-refractivity contribution in [1.82, 2.24) is 20.1 Å². The molecule has 3 rings (SSSR count). The number of nitrogens with zero attached hydrogens (tertiary/aromatic N) is 4. The molecule has 1 aromatic heterocycles. The molecule has 0 fully saturated rings. The van der Waals surface area contributed by atoms with E-state index in [1.807, 2.05) is 0 Å². The van der Waals surface area contributed by atoms with Crippen LogP contribution in [0.5, 0.6) is 5.75 Å². The van der Waals surface area contributed by atoms with E-state index in [9.17, 15) is 13.6 Å². The zero-order valence-electron chi connectivity index (χ0n) is 16.6. The van der Waals surface area contributed by atoms with Crippen molar-refractivity contribution in [2.24, 2.45) is 0 Å². The second-order valence-electron chi connectivity index (χ2n) is 7.04. The molecule has 2 heterocycles. The molecule has 0 atom stereocenters. The molecular weight excluding hydrogens is 380 g/mol. The second-order valence-corrected chi connectivity index (χ2v) is 7.04. The van der Waals surface area contributed by atoms with Crippen LogP contribution < -0.4 is 15.0 Å². The van der Waals surface area contributed by atoms with Gasteiger partial charge in [-0.25, -0.2) is 4.79 Å². The Kier molecular flexibility index (Phi) is 7.37. The van der Waals surface area contributed by atoms with E-state index in [1.165, 1.54) is 12.1 Å². The number of hydrogen-bond acceptors (Lipinski definition) is 4. The highest BCUT2D eigenvalue weighted by molar-refractivity contribution is 5.91. The number of benzene rings is 1. The number of carbonyl (C=O) groups excluding carboxylic acids is 1. The van der Waals surface area contributed by atoms with Gasteiger partial charge in [0.25, 0.3) is 0 Å². The fraction of sp³-hybridized carbons (Fsp3) is 0.550. The molecule has 0 spiro atoms.